The Hall–Kier alpha value is -2.20. The fourth-order valence-electron chi connectivity index (χ4n) is 1.51. The van der Waals surface area contributed by atoms with Gasteiger partial charge in [-0.05, 0) is 34.1 Å². The normalized spacial score (nSPS) is 9.95. The zero-order valence-corrected chi connectivity index (χ0v) is 11.2. The third-order valence-corrected chi connectivity index (χ3v) is 2.68. The molecule has 96 valence electrons. The van der Waals surface area contributed by atoms with Gasteiger partial charge in [0.2, 0.25) is 5.91 Å². The fourth-order valence-corrected chi connectivity index (χ4v) is 1.79. The molecule has 0 saturated heterocycles. The van der Waals surface area contributed by atoms with Gasteiger partial charge in [-0.25, -0.2) is 9.07 Å². The van der Waals surface area contributed by atoms with Crippen LogP contribution in [0.4, 0.5) is 10.1 Å². The number of nitrogens with one attached hydrogen (secondary N) is 1. The lowest BCUT2D eigenvalue weighted by atomic mass is 10.2. The van der Waals surface area contributed by atoms with Gasteiger partial charge in [0, 0.05) is 6.20 Å². The molecule has 1 aromatic heterocycles. The maximum absolute atomic E-state index is 13.2. The second-order valence-corrected chi connectivity index (χ2v) is 4.56. The monoisotopic (exact) mass is 322 g/mol. The van der Waals surface area contributed by atoms with Gasteiger partial charge in [0.1, 0.15) is 12.2 Å². The standard InChI is InChI=1S/C12H8BrFN4O/c13-8-6-16-18(7-8)11-2-1-9(14)5-10(11)17-12(19)3-4-15/h1-2,5-7H,3H2,(H,17,19). The number of halogens is 2. The number of rotatable bonds is 3. The summed E-state index contributed by atoms with van der Waals surface area (Å²) in [5.41, 5.74) is 0.772. The predicted molar refractivity (Wildman–Crippen MR) is 70.1 cm³/mol. The van der Waals surface area contributed by atoms with Crippen LogP contribution in [-0.4, -0.2) is 15.7 Å². The molecular formula is C12H8BrFN4O. The summed E-state index contributed by atoms with van der Waals surface area (Å²) in [5.74, 6) is -0.984. The van der Waals surface area contributed by atoms with Crippen LogP contribution in [0.2, 0.25) is 0 Å². The number of nitriles is 1. The number of amides is 1. The van der Waals surface area contributed by atoms with E-state index in [1.165, 1.54) is 22.9 Å². The van der Waals surface area contributed by atoms with E-state index in [-0.39, 0.29) is 12.1 Å². The predicted octanol–water partition coefficient (Wildman–Crippen LogP) is 2.63. The number of carbonyl (C=O) groups is 1. The maximum Gasteiger partial charge on any atom is 0.238 e. The lowest BCUT2D eigenvalue weighted by Crippen LogP contribution is -2.13. The third kappa shape index (κ3) is 3.17. The summed E-state index contributed by atoms with van der Waals surface area (Å²) in [7, 11) is 0. The fraction of sp³-hybridized carbons (Fsp3) is 0.0833. The van der Waals surface area contributed by atoms with Gasteiger partial charge in [0.05, 0.1) is 28.1 Å². The van der Waals surface area contributed by atoms with Crippen LogP contribution in [0.5, 0.6) is 0 Å². The van der Waals surface area contributed by atoms with Crippen molar-refractivity contribution >= 4 is 27.5 Å². The van der Waals surface area contributed by atoms with Gasteiger partial charge in [0.25, 0.3) is 0 Å². The number of aromatic nitrogens is 2. The number of hydrogen-bond acceptors (Lipinski definition) is 3. The number of carbonyl (C=O) groups excluding carboxylic acids is 1. The highest BCUT2D eigenvalue weighted by molar-refractivity contribution is 9.10. The molecule has 2 aromatic rings. The van der Waals surface area contributed by atoms with Crippen LogP contribution in [0.25, 0.3) is 5.69 Å². The molecule has 7 heteroatoms. The van der Waals surface area contributed by atoms with Crippen molar-refractivity contribution in [2.75, 3.05) is 5.32 Å². The Morgan fingerprint density at radius 3 is 3.00 bits per heavy atom. The molecule has 2 rings (SSSR count). The van der Waals surface area contributed by atoms with E-state index in [0.717, 1.165) is 4.47 Å². The number of nitrogens with zero attached hydrogens (tertiary/aromatic N) is 3. The summed E-state index contributed by atoms with van der Waals surface area (Å²) >= 11 is 3.26. The maximum atomic E-state index is 13.2. The molecule has 19 heavy (non-hydrogen) atoms. The second-order valence-electron chi connectivity index (χ2n) is 3.65. The Morgan fingerprint density at radius 2 is 2.37 bits per heavy atom. The molecule has 0 radical (unpaired) electrons. The molecule has 0 unspecified atom stereocenters. The minimum Gasteiger partial charge on any atom is -0.323 e. The van der Waals surface area contributed by atoms with Crippen LogP contribution in [0.15, 0.2) is 35.1 Å². The van der Waals surface area contributed by atoms with Crippen LogP contribution in [0.1, 0.15) is 6.42 Å². The Morgan fingerprint density at radius 1 is 1.58 bits per heavy atom. The minimum atomic E-state index is -0.499. The molecule has 5 nitrogen and oxygen atoms in total. The first-order valence-electron chi connectivity index (χ1n) is 5.27. The largest absolute Gasteiger partial charge is 0.323 e. The number of benzene rings is 1. The van der Waals surface area contributed by atoms with Gasteiger partial charge in [-0.3, -0.25) is 4.79 Å². The molecule has 0 aliphatic heterocycles. The van der Waals surface area contributed by atoms with E-state index in [1.807, 2.05) is 0 Å². The molecule has 0 bridgehead atoms. The lowest BCUT2D eigenvalue weighted by Gasteiger charge is -2.10. The van der Waals surface area contributed by atoms with Crippen molar-refractivity contribution in [2.45, 2.75) is 6.42 Å². The van der Waals surface area contributed by atoms with Crippen LogP contribution in [-0.2, 0) is 4.79 Å². The van der Waals surface area contributed by atoms with E-state index < -0.39 is 11.7 Å². The van der Waals surface area contributed by atoms with Crippen molar-refractivity contribution < 1.29 is 9.18 Å². The quantitative estimate of drug-likeness (QED) is 0.944. The van der Waals surface area contributed by atoms with E-state index in [9.17, 15) is 9.18 Å². The lowest BCUT2D eigenvalue weighted by molar-refractivity contribution is -0.115. The summed E-state index contributed by atoms with van der Waals surface area (Å²) in [6.45, 7) is 0. The Balaban J connectivity index is 2.38. The number of hydrogen-bond donors (Lipinski definition) is 1. The van der Waals surface area contributed by atoms with Crippen LogP contribution >= 0.6 is 15.9 Å². The summed E-state index contributed by atoms with van der Waals surface area (Å²) in [5, 5.41) is 15.0. The zero-order chi connectivity index (χ0) is 13.8. The Labute approximate surface area is 116 Å². The number of anilines is 1. The Kier molecular flexibility index (Phi) is 3.92. The van der Waals surface area contributed by atoms with Crippen molar-refractivity contribution in [3.8, 4) is 11.8 Å². The van der Waals surface area contributed by atoms with E-state index in [4.69, 9.17) is 5.26 Å². The summed E-state index contributed by atoms with van der Waals surface area (Å²) < 4.78 is 15.5. The summed E-state index contributed by atoms with van der Waals surface area (Å²) in [6.07, 6.45) is 2.95. The molecule has 1 N–H and O–H groups in total. The molecular weight excluding hydrogens is 315 g/mol. The molecule has 0 aliphatic rings. The average Bonchev–Trinajstić information content (AvgIpc) is 2.76. The third-order valence-electron chi connectivity index (χ3n) is 2.27. The molecule has 0 saturated carbocycles. The molecule has 1 amide bonds. The smallest absolute Gasteiger partial charge is 0.238 e. The Bertz CT molecular complexity index is 662. The highest BCUT2D eigenvalue weighted by Crippen LogP contribution is 2.22. The second kappa shape index (κ2) is 5.63. The molecule has 1 aromatic carbocycles. The van der Waals surface area contributed by atoms with Crippen molar-refractivity contribution in [2.24, 2.45) is 0 Å². The zero-order valence-electron chi connectivity index (χ0n) is 9.60. The van der Waals surface area contributed by atoms with Crippen molar-refractivity contribution in [1.82, 2.24) is 9.78 Å². The molecule has 0 fully saturated rings. The van der Waals surface area contributed by atoms with Gasteiger partial charge in [-0.2, -0.15) is 10.4 Å². The summed E-state index contributed by atoms with van der Waals surface area (Å²) in [4.78, 5) is 11.4. The van der Waals surface area contributed by atoms with Crippen LogP contribution in [0, 0.1) is 17.1 Å². The van der Waals surface area contributed by atoms with E-state index in [2.05, 4.69) is 26.3 Å². The van der Waals surface area contributed by atoms with Crippen molar-refractivity contribution in [3.63, 3.8) is 0 Å². The van der Waals surface area contributed by atoms with Gasteiger partial charge < -0.3 is 5.32 Å². The van der Waals surface area contributed by atoms with E-state index in [1.54, 1.807) is 18.5 Å². The topological polar surface area (TPSA) is 70.7 Å². The molecule has 1 heterocycles. The SMILES string of the molecule is N#CCC(=O)Nc1cc(F)ccc1-n1cc(Br)cn1. The average molecular weight is 323 g/mol. The van der Waals surface area contributed by atoms with Crippen LogP contribution < -0.4 is 5.32 Å². The minimum absolute atomic E-state index is 0.260. The molecule has 0 spiro atoms. The first kappa shape index (κ1) is 13.2. The van der Waals surface area contributed by atoms with Gasteiger partial charge in [-0.1, -0.05) is 0 Å². The molecule has 0 atom stereocenters. The van der Waals surface area contributed by atoms with Crippen molar-refractivity contribution in [1.29, 1.82) is 5.26 Å². The van der Waals surface area contributed by atoms with Gasteiger partial charge in [-0.15, -0.1) is 0 Å². The van der Waals surface area contributed by atoms with E-state index in [0.29, 0.717) is 5.69 Å². The van der Waals surface area contributed by atoms with Crippen molar-refractivity contribution in [3.05, 3.63) is 40.9 Å². The van der Waals surface area contributed by atoms with Crippen LogP contribution in [0.3, 0.4) is 0 Å². The molecule has 0 aliphatic carbocycles. The first-order chi connectivity index (χ1) is 9.10. The highest BCUT2D eigenvalue weighted by atomic mass is 79.9. The van der Waals surface area contributed by atoms with Gasteiger partial charge in [0.15, 0.2) is 0 Å². The van der Waals surface area contributed by atoms with E-state index >= 15 is 0 Å². The van der Waals surface area contributed by atoms with Gasteiger partial charge >= 0.3 is 0 Å². The highest BCUT2D eigenvalue weighted by Gasteiger charge is 2.10. The first-order valence-corrected chi connectivity index (χ1v) is 6.06. The summed E-state index contributed by atoms with van der Waals surface area (Å²) in [6, 6.07) is 5.68.